The van der Waals surface area contributed by atoms with Gasteiger partial charge < -0.3 is 14.6 Å². The summed E-state index contributed by atoms with van der Waals surface area (Å²) in [5.74, 6) is -0.465. The number of nitriles is 1. The number of amides is 1. The molecule has 1 amide bonds. The highest BCUT2D eigenvalue weighted by Gasteiger charge is 2.15. The molecule has 0 aliphatic carbocycles. The van der Waals surface area contributed by atoms with Crippen LogP contribution in [-0.4, -0.2) is 19.0 Å². The van der Waals surface area contributed by atoms with Gasteiger partial charge in [0.2, 0.25) is 5.55 Å². The first-order chi connectivity index (χ1) is 12.6. The molecule has 0 saturated heterocycles. The van der Waals surface area contributed by atoms with Gasteiger partial charge in [-0.05, 0) is 43.5 Å². The molecule has 0 saturated carbocycles. The molecule has 2 heterocycles. The van der Waals surface area contributed by atoms with E-state index in [9.17, 15) is 4.79 Å². The lowest BCUT2D eigenvalue weighted by Crippen LogP contribution is -2.22. The third-order valence-electron chi connectivity index (χ3n) is 4.14. The fourth-order valence-electron chi connectivity index (χ4n) is 2.74. The van der Waals surface area contributed by atoms with Crippen molar-refractivity contribution in [3.63, 3.8) is 0 Å². The molecule has 7 heteroatoms. The molecule has 0 radical (unpaired) electrons. The normalized spacial score (nSPS) is 10.5. The molecule has 6 nitrogen and oxygen atoms in total. The summed E-state index contributed by atoms with van der Waals surface area (Å²) in [6.07, 6.45) is 0. The van der Waals surface area contributed by atoms with Gasteiger partial charge in [-0.3, -0.25) is 10.2 Å². The van der Waals surface area contributed by atoms with Crippen LogP contribution in [0.25, 0.3) is 11.0 Å². The molecule has 1 aromatic carbocycles. The molecule has 0 aliphatic rings. The van der Waals surface area contributed by atoms with Crippen LogP contribution in [0.2, 0.25) is 0 Å². The van der Waals surface area contributed by atoms with E-state index in [1.807, 2.05) is 24.3 Å². The Morgan fingerprint density at radius 3 is 2.77 bits per heavy atom. The standard InChI is InChI=1S/C19H18N4O2S/c1-3-23(4-2)14-6-5-12-9-15(17(21)25-16(12)10-14)18(24)22-19-13(11-20)7-8-26-19/h5-10,21H,3-4H2,1-2H3,(H,22,24). The minimum atomic E-state index is -0.465. The van der Waals surface area contributed by atoms with E-state index in [2.05, 4.69) is 24.1 Å². The molecule has 3 rings (SSSR count). The van der Waals surface area contributed by atoms with E-state index in [0.29, 0.717) is 16.1 Å². The predicted octanol–water partition coefficient (Wildman–Crippen LogP) is 3.94. The third kappa shape index (κ3) is 3.32. The fraction of sp³-hybridized carbons (Fsp3) is 0.211. The lowest BCUT2D eigenvalue weighted by atomic mass is 10.1. The fourth-order valence-corrected chi connectivity index (χ4v) is 3.47. The number of nitrogens with one attached hydrogen (secondary N) is 2. The van der Waals surface area contributed by atoms with E-state index in [4.69, 9.17) is 15.1 Å². The van der Waals surface area contributed by atoms with Gasteiger partial charge in [0, 0.05) is 30.2 Å². The lowest BCUT2D eigenvalue weighted by Gasteiger charge is -2.21. The molecule has 3 aromatic rings. The minimum Gasteiger partial charge on any atom is -0.438 e. The third-order valence-corrected chi connectivity index (χ3v) is 4.97. The number of nitrogens with zero attached hydrogens (tertiary/aromatic N) is 2. The molecule has 0 bridgehead atoms. The predicted molar refractivity (Wildman–Crippen MR) is 103 cm³/mol. The van der Waals surface area contributed by atoms with E-state index in [-0.39, 0.29) is 11.1 Å². The van der Waals surface area contributed by atoms with Gasteiger partial charge in [0.05, 0.1) is 5.56 Å². The largest absolute Gasteiger partial charge is 0.438 e. The van der Waals surface area contributed by atoms with E-state index < -0.39 is 5.91 Å². The van der Waals surface area contributed by atoms with Crippen LogP contribution in [0.5, 0.6) is 0 Å². The summed E-state index contributed by atoms with van der Waals surface area (Å²) in [6, 6.07) is 11.0. The van der Waals surface area contributed by atoms with Gasteiger partial charge in [0.1, 0.15) is 22.2 Å². The Labute approximate surface area is 154 Å². The molecule has 0 atom stereocenters. The summed E-state index contributed by atoms with van der Waals surface area (Å²) in [5, 5.41) is 22.7. The number of thiophene rings is 1. The van der Waals surface area contributed by atoms with Gasteiger partial charge in [-0.25, -0.2) is 0 Å². The SMILES string of the molecule is CCN(CC)c1ccc2cc(C(=O)Nc3sccc3C#N)c(=N)oc2c1. The summed E-state index contributed by atoms with van der Waals surface area (Å²) in [4.78, 5) is 14.7. The van der Waals surface area contributed by atoms with Crippen LogP contribution < -0.4 is 15.8 Å². The first kappa shape index (κ1) is 17.7. The van der Waals surface area contributed by atoms with Gasteiger partial charge in [-0.2, -0.15) is 5.26 Å². The van der Waals surface area contributed by atoms with Crippen molar-refractivity contribution < 1.29 is 9.21 Å². The highest BCUT2D eigenvalue weighted by Crippen LogP contribution is 2.24. The van der Waals surface area contributed by atoms with Crippen LogP contribution >= 0.6 is 11.3 Å². The van der Waals surface area contributed by atoms with E-state index in [1.54, 1.807) is 17.5 Å². The van der Waals surface area contributed by atoms with E-state index >= 15 is 0 Å². The molecule has 2 N–H and O–H groups in total. The van der Waals surface area contributed by atoms with Gasteiger partial charge in [0.25, 0.3) is 5.91 Å². The van der Waals surface area contributed by atoms with Crippen molar-refractivity contribution in [1.82, 2.24) is 0 Å². The highest BCUT2D eigenvalue weighted by atomic mass is 32.1. The zero-order chi connectivity index (χ0) is 18.7. The van der Waals surface area contributed by atoms with Gasteiger partial charge in [-0.1, -0.05) is 0 Å². The van der Waals surface area contributed by atoms with E-state index in [1.165, 1.54) is 11.3 Å². The topological polar surface area (TPSA) is 93.1 Å². The number of hydrogen-bond donors (Lipinski definition) is 2. The molecule has 0 unspecified atom stereocenters. The van der Waals surface area contributed by atoms with Crippen molar-refractivity contribution in [2.24, 2.45) is 0 Å². The van der Waals surface area contributed by atoms with Crippen LogP contribution in [-0.2, 0) is 0 Å². The van der Waals surface area contributed by atoms with Crippen LogP contribution in [0.1, 0.15) is 29.8 Å². The summed E-state index contributed by atoms with van der Waals surface area (Å²) in [6.45, 7) is 5.90. The summed E-state index contributed by atoms with van der Waals surface area (Å²) >= 11 is 1.26. The molecule has 0 fully saturated rings. The van der Waals surface area contributed by atoms with Gasteiger partial charge in [0.15, 0.2) is 0 Å². The van der Waals surface area contributed by atoms with Crippen LogP contribution in [0.4, 0.5) is 10.7 Å². The maximum atomic E-state index is 12.5. The first-order valence-corrected chi connectivity index (χ1v) is 9.11. The van der Waals surface area contributed by atoms with Crippen molar-refractivity contribution in [2.45, 2.75) is 13.8 Å². The Bertz CT molecular complexity index is 1060. The summed E-state index contributed by atoms with van der Waals surface area (Å²) in [7, 11) is 0. The van der Waals surface area contributed by atoms with Crippen molar-refractivity contribution in [1.29, 1.82) is 10.7 Å². The lowest BCUT2D eigenvalue weighted by molar-refractivity contribution is 0.102. The van der Waals surface area contributed by atoms with Gasteiger partial charge in [-0.15, -0.1) is 11.3 Å². The molecular weight excluding hydrogens is 348 g/mol. The Balaban J connectivity index is 1.96. The second-order valence-corrected chi connectivity index (χ2v) is 6.53. The smallest absolute Gasteiger partial charge is 0.261 e. The second kappa shape index (κ2) is 7.42. The quantitative estimate of drug-likeness (QED) is 0.715. The van der Waals surface area contributed by atoms with Crippen molar-refractivity contribution in [3.05, 3.63) is 52.4 Å². The Morgan fingerprint density at radius 2 is 2.08 bits per heavy atom. The Kier molecular flexibility index (Phi) is 5.05. The Hall–Kier alpha value is -3.11. The number of carbonyl (C=O) groups excluding carboxylic acids is 1. The molecule has 0 spiro atoms. The van der Waals surface area contributed by atoms with Crippen molar-refractivity contribution >= 4 is 38.9 Å². The Morgan fingerprint density at radius 1 is 1.31 bits per heavy atom. The number of carbonyl (C=O) groups is 1. The zero-order valence-corrected chi connectivity index (χ0v) is 15.3. The van der Waals surface area contributed by atoms with Crippen LogP contribution in [0, 0.1) is 16.7 Å². The monoisotopic (exact) mass is 366 g/mol. The summed E-state index contributed by atoms with van der Waals surface area (Å²) in [5.41, 5.74) is 1.90. The molecular formula is C19H18N4O2S. The number of benzene rings is 1. The number of anilines is 2. The molecule has 2 aromatic heterocycles. The molecule has 26 heavy (non-hydrogen) atoms. The van der Waals surface area contributed by atoms with Crippen LogP contribution in [0.3, 0.4) is 0 Å². The van der Waals surface area contributed by atoms with Crippen LogP contribution in [0.15, 0.2) is 40.1 Å². The average molecular weight is 366 g/mol. The average Bonchev–Trinajstić information content (AvgIpc) is 3.09. The highest BCUT2D eigenvalue weighted by molar-refractivity contribution is 7.14. The second-order valence-electron chi connectivity index (χ2n) is 5.61. The maximum absolute atomic E-state index is 12.5. The number of rotatable bonds is 5. The maximum Gasteiger partial charge on any atom is 0.261 e. The van der Waals surface area contributed by atoms with Crippen molar-refractivity contribution in [2.75, 3.05) is 23.3 Å². The first-order valence-electron chi connectivity index (χ1n) is 8.23. The van der Waals surface area contributed by atoms with Gasteiger partial charge >= 0.3 is 0 Å². The van der Waals surface area contributed by atoms with E-state index in [0.717, 1.165) is 24.2 Å². The zero-order valence-electron chi connectivity index (χ0n) is 14.5. The molecule has 0 aliphatic heterocycles. The minimum absolute atomic E-state index is 0.130. The number of fused-ring (bicyclic) bond motifs is 1. The number of hydrogen-bond acceptors (Lipinski definition) is 6. The van der Waals surface area contributed by atoms with Crippen molar-refractivity contribution in [3.8, 4) is 6.07 Å². The molecule has 132 valence electrons. The summed E-state index contributed by atoms with van der Waals surface area (Å²) < 4.78 is 5.59.